The van der Waals surface area contributed by atoms with Crippen LogP contribution in [0.5, 0.6) is 11.5 Å². The largest absolute Gasteiger partial charge is 0.457 e. The Morgan fingerprint density at radius 2 is 1.10 bits per heavy atom. The predicted molar refractivity (Wildman–Crippen MR) is 202 cm³/mol. The van der Waals surface area contributed by atoms with Gasteiger partial charge in [0.25, 0.3) is 0 Å². The van der Waals surface area contributed by atoms with Crippen molar-refractivity contribution in [1.82, 2.24) is 9.55 Å². The first-order chi connectivity index (χ1) is 24.7. The molecule has 0 unspecified atom stereocenters. The third-order valence-electron chi connectivity index (χ3n) is 12.6. The Morgan fingerprint density at radius 1 is 0.500 bits per heavy atom. The maximum Gasteiger partial charge on any atom is 0.145 e. The number of imidazole rings is 1. The summed E-state index contributed by atoms with van der Waals surface area (Å²) < 4.78 is 9.08. The van der Waals surface area contributed by atoms with Crippen LogP contribution >= 0.6 is 0 Å². The SMILES string of the molecule is c1ccc(-n2c(-c3cccc(-c4cccc(-c5ccc6c(c5)Oc5ccccc5C65C6CC7CC(C6)CC5C7)c4)c3)nc3ccccc32)cc1. The van der Waals surface area contributed by atoms with E-state index in [1.807, 2.05) is 0 Å². The minimum Gasteiger partial charge on any atom is -0.457 e. The van der Waals surface area contributed by atoms with E-state index in [0.717, 1.165) is 51.4 Å². The fourth-order valence-corrected chi connectivity index (χ4v) is 10.9. The van der Waals surface area contributed by atoms with E-state index in [9.17, 15) is 0 Å². The van der Waals surface area contributed by atoms with E-state index in [-0.39, 0.29) is 5.41 Å². The van der Waals surface area contributed by atoms with Crippen LogP contribution < -0.4 is 4.74 Å². The number of benzene rings is 6. The second kappa shape index (κ2) is 10.8. The van der Waals surface area contributed by atoms with Crippen LogP contribution in [0.3, 0.4) is 0 Å². The first kappa shape index (κ1) is 28.4. The summed E-state index contributed by atoms with van der Waals surface area (Å²) in [4.78, 5) is 5.13. The molecular formula is C47H38N2O. The summed E-state index contributed by atoms with van der Waals surface area (Å²) in [7, 11) is 0. The summed E-state index contributed by atoms with van der Waals surface area (Å²) in [5.41, 5.74) is 12.0. The molecule has 7 aromatic rings. The molecule has 4 bridgehead atoms. The molecule has 4 fully saturated rings. The molecule has 2 heterocycles. The predicted octanol–water partition coefficient (Wildman–Crippen LogP) is 11.9. The zero-order valence-electron chi connectivity index (χ0n) is 28.0. The highest BCUT2D eigenvalue weighted by Gasteiger charge is 2.61. The van der Waals surface area contributed by atoms with Crippen molar-refractivity contribution in [3.05, 3.63) is 157 Å². The number of rotatable bonds is 4. The Balaban J connectivity index is 0.989. The van der Waals surface area contributed by atoms with Gasteiger partial charge in [-0.3, -0.25) is 4.57 Å². The molecule has 50 heavy (non-hydrogen) atoms. The molecular weight excluding hydrogens is 609 g/mol. The molecule has 0 saturated heterocycles. The summed E-state index contributed by atoms with van der Waals surface area (Å²) in [6.07, 6.45) is 6.92. The minimum absolute atomic E-state index is 0.0780. The highest BCUT2D eigenvalue weighted by Crippen LogP contribution is 2.68. The van der Waals surface area contributed by atoms with Gasteiger partial charge in [0.15, 0.2) is 0 Å². The topological polar surface area (TPSA) is 27.1 Å². The number of hydrogen-bond acceptors (Lipinski definition) is 2. The Kier molecular flexibility index (Phi) is 6.14. The quantitative estimate of drug-likeness (QED) is 0.190. The van der Waals surface area contributed by atoms with Crippen LogP contribution in [0, 0.1) is 23.7 Å². The molecule has 242 valence electrons. The highest BCUT2D eigenvalue weighted by molar-refractivity contribution is 5.84. The van der Waals surface area contributed by atoms with Gasteiger partial charge in [-0.15, -0.1) is 0 Å². The van der Waals surface area contributed by atoms with Gasteiger partial charge in [0.2, 0.25) is 0 Å². The third-order valence-corrected chi connectivity index (χ3v) is 12.6. The second-order valence-electron chi connectivity index (χ2n) is 15.2. The van der Waals surface area contributed by atoms with Crippen LogP contribution in [-0.2, 0) is 5.41 Å². The lowest BCUT2D eigenvalue weighted by atomic mass is 9.42. The van der Waals surface area contributed by atoms with Crippen LogP contribution in [0.1, 0.15) is 43.2 Å². The van der Waals surface area contributed by atoms with Crippen LogP contribution in [-0.4, -0.2) is 9.55 Å². The standard InChI is InChI=1S/C47H38N2O/c1-2-14-39(15-3-1)49-43-18-6-5-17-42(43)48-46(49)36-13-9-12-34(28-36)32-10-8-11-33(27-32)35-20-21-41-45(29-35)50-44-19-7-4-16-40(44)47(41)37-23-30-22-31(25-37)26-38(47)24-30/h1-21,27-31,37-38H,22-26H2. The normalized spacial score (nSPS) is 24.2. The molecule has 0 radical (unpaired) electrons. The maximum absolute atomic E-state index is 6.81. The molecule has 0 atom stereocenters. The summed E-state index contributed by atoms with van der Waals surface area (Å²) >= 11 is 0. The van der Waals surface area contributed by atoms with E-state index in [2.05, 4.69) is 150 Å². The molecule has 6 aromatic carbocycles. The average molecular weight is 647 g/mol. The number of fused-ring (bicyclic) bond motifs is 3. The van der Waals surface area contributed by atoms with Gasteiger partial charge < -0.3 is 4.74 Å². The smallest absolute Gasteiger partial charge is 0.145 e. The number of hydrogen-bond donors (Lipinski definition) is 0. The van der Waals surface area contributed by atoms with Crippen molar-refractivity contribution < 1.29 is 4.74 Å². The number of aromatic nitrogens is 2. The van der Waals surface area contributed by atoms with E-state index >= 15 is 0 Å². The van der Waals surface area contributed by atoms with E-state index in [1.165, 1.54) is 65.5 Å². The fourth-order valence-electron chi connectivity index (χ4n) is 10.9. The number of ether oxygens (including phenoxy) is 1. The van der Waals surface area contributed by atoms with Gasteiger partial charge >= 0.3 is 0 Å². The molecule has 1 spiro atoms. The van der Waals surface area contributed by atoms with Crippen molar-refractivity contribution >= 4 is 11.0 Å². The van der Waals surface area contributed by atoms with Gasteiger partial charge in [0, 0.05) is 27.8 Å². The highest BCUT2D eigenvalue weighted by atomic mass is 16.5. The summed E-state index contributed by atoms with van der Waals surface area (Å²) in [6, 6.07) is 52.8. The summed E-state index contributed by atoms with van der Waals surface area (Å²) in [6.45, 7) is 0. The minimum atomic E-state index is 0.0780. The van der Waals surface area contributed by atoms with Crippen molar-refractivity contribution in [2.75, 3.05) is 0 Å². The molecule has 3 nitrogen and oxygen atoms in total. The average Bonchev–Trinajstić information content (AvgIpc) is 3.56. The zero-order valence-corrected chi connectivity index (χ0v) is 28.0. The van der Waals surface area contributed by atoms with E-state index in [4.69, 9.17) is 9.72 Å². The lowest BCUT2D eigenvalue weighted by Crippen LogP contribution is -2.56. The molecule has 3 heteroatoms. The van der Waals surface area contributed by atoms with Gasteiger partial charge in [0.1, 0.15) is 17.3 Å². The Hall–Kier alpha value is -5.41. The van der Waals surface area contributed by atoms with E-state index < -0.39 is 0 Å². The van der Waals surface area contributed by atoms with Gasteiger partial charge in [-0.2, -0.15) is 0 Å². The molecule has 1 aliphatic heterocycles. The third kappa shape index (κ3) is 4.13. The van der Waals surface area contributed by atoms with Gasteiger partial charge in [-0.25, -0.2) is 4.98 Å². The number of para-hydroxylation sites is 4. The van der Waals surface area contributed by atoms with Crippen molar-refractivity contribution in [3.8, 4) is 50.8 Å². The number of nitrogens with zero attached hydrogens (tertiary/aromatic N) is 2. The van der Waals surface area contributed by atoms with Crippen molar-refractivity contribution in [2.24, 2.45) is 23.7 Å². The first-order valence-corrected chi connectivity index (χ1v) is 18.4. The van der Waals surface area contributed by atoms with Gasteiger partial charge in [-0.1, -0.05) is 97.1 Å². The monoisotopic (exact) mass is 646 g/mol. The van der Waals surface area contributed by atoms with Crippen molar-refractivity contribution in [2.45, 2.75) is 37.5 Å². The molecule has 0 amide bonds. The fraction of sp³-hybridized carbons (Fsp3) is 0.213. The molecule has 5 aliphatic rings. The van der Waals surface area contributed by atoms with Gasteiger partial charge in [0.05, 0.1) is 11.0 Å². The van der Waals surface area contributed by atoms with Crippen LogP contribution in [0.2, 0.25) is 0 Å². The van der Waals surface area contributed by atoms with Crippen LogP contribution in [0.15, 0.2) is 146 Å². The second-order valence-corrected chi connectivity index (χ2v) is 15.2. The molecule has 12 rings (SSSR count). The lowest BCUT2D eigenvalue weighted by Gasteiger charge is -2.63. The molecule has 0 N–H and O–H groups in total. The molecule has 4 aliphatic carbocycles. The van der Waals surface area contributed by atoms with E-state index in [1.54, 1.807) is 0 Å². The van der Waals surface area contributed by atoms with Crippen molar-refractivity contribution in [3.63, 3.8) is 0 Å². The van der Waals surface area contributed by atoms with Crippen molar-refractivity contribution in [1.29, 1.82) is 0 Å². The maximum atomic E-state index is 6.81. The lowest BCUT2D eigenvalue weighted by molar-refractivity contribution is -0.0452. The summed E-state index contributed by atoms with van der Waals surface area (Å²) in [5.74, 6) is 6.32. The first-order valence-electron chi connectivity index (χ1n) is 18.4. The Labute approximate surface area is 293 Å². The Bertz CT molecular complexity index is 2410. The summed E-state index contributed by atoms with van der Waals surface area (Å²) in [5, 5.41) is 0. The molecule has 4 saturated carbocycles. The Morgan fingerprint density at radius 3 is 1.86 bits per heavy atom. The van der Waals surface area contributed by atoms with Crippen LogP contribution in [0.25, 0.3) is 50.4 Å². The van der Waals surface area contributed by atoms with E-state index in [0.29, 0.717) is 11.8 Å². The molecule has 1 aromatic heterocycles. The van der Waals surface area contributed by atoms with Gasteiger partial charge in [-0.05, 0) is 127 Å². The zero-order chi connectivity index (χ0) is 32.8. The van der Waals surface area contributed by atoms with Crippen LogP contribution in [0.4, 0.5) is 0 Å².